The van der Waals surface area contributed by atoms with Crippen LogP contribution in [0.25, 0.3) is 11.1 Å². The first-order valence-corrected chi connectivity index (χ1v) is 9.66. The van der Waals surface area contributed by atoms with Crippen LogP contribution in [0.4, 0.5) is 21.5 Å². The lowest BCUT2D eigenvalue weighted by Crippen LogP contribution is -2.07. The first kappa shape index (κ1) is 21.2. The average Bonchev–Trinajstić information content (AvgIpc) is 2.73. The second-order valence-electron chi connectivity index (χ2n) is 7.03. The number of hydrogen-bond donors (Lipinski definition) is 0. The number of ether oxygens (including phenoxy) is 1. The van der Waals surface area contributed by atoms with Gasteiger partial charge in [0.25, 0.3) is 0 Å². The van der Waals surface area contributed by atoms with E-state index in [2.05, 4.69) is 10.2 Å². The zero-order chi connectivity index (χ0) is 21.7. The summed E-state index contributed by atoms with van der Waals surface area (Å²) in [6.45, 7) is 3.86. The molecule has 6 heteroatoms. The van der Waals surface area contributed by atoms with Crippen LogP contribution >= 0.6 is 0 Å². The molecule has 0 aromatic heterocycles. The van der Waals surface area contributed by atoms with E-state index in [1.54, 1.807) is 31.2 Å². The average molecular weight is 405 g/mol. The monoisotopic (exact) mass is 405 g/mol. The van der Waals surface area contributed by atoms with E-state index in [4.69, 9.17) is 4.74 Å². The Morgan fingerprint density at radius 3 is 2.33 bits per heavy atom. The van der Waals surface area contributed by atoms with E-state index >= 15 is 0 Å². The molecule has 0 aliphatic carbocycles. The maximum absolute atomic E-state index is 14.6. The molecule has 0 aliphatic heterocycles. The molecule has 5 nitrogen and oxygen atoms in total. The van der Waals surface area contributed by atoms with Gasteiger partial charge in [0.1, 0.15) is 5.82 Å². The van der Waals surface area contributed by atoms with Crippen LogP contribution in [-0.4, -0.2) is 26.7 Å². The molecule has 0 aliphatic rings. The predicted octanol–water partition coefficient (Wildman–Crippen LogP) is 6.46. The number of azo groups is 1. The Morgan fingerprint density at radius 2 is 1.73 bits per heavy atom. The van der Waals surface area contributed by atoms with Crippen molar-refractivity contribution in [3.8, 4) is 11.1 Å². The fourth-order valence-electron chi connectivity index (χ4n) is 2.95. The third-order valence-electron chi connectivity index (χ3n) is 4.63. The number of esters is 1. The van der Waals surface area contributed by atoms with E-state index in [0.29, 0.717) is 16.8 Å². The van der Waals surface area contributed by atoms with Gasteiger partial charge in [-0.3, -0.25) is 0 Å². The number of aryl methyl sites for hydroxylation is 1. The Morgan fingerprint density at radius 1 is 1.00 bits per heavy atom. The molecular formula is C24H24FN3O2. The third-order valence-corrected chi connectivity index (χ3v) is 4.63. The van der Waals surface area contributed by atoms with Gasteiger partial charge >= 0.3 is 5.97 Å². The number of rotatable bonds is 6. The Balaban J connectivity index is 1.80. The minimum absolute atomic E-state index is 0.195. The van der Waals surface area contributed by atoms with Crippen LogP contribution in [0.3, 0.4) is 0 Å². The van der Waals surface area contributed by atoms with Crippen molar-refractivity contribution in [2.75, 3.05) is 25.6 Å². The second kappa shape index (κ2) is 9.31. The van der Waals surface area contributed by atoms with Crippen LogP contribution in [-0.2, 0) is 4.74 Å². The highest BCUT2D eigenvalue weighted by molar-refractivity contribution is 5.90. The van der Waals surface area contributed by atoms with Crippen LogP contribution in [0, 0.1) is 12.7 Å². The minimum atomic E-state index is -0.534. The fourth-order valence-corrected chi connectivity index (χ4v) is 2.95. The first-order valence-electron chi connectivity index (χ1n) is 9.66. The standard InChI is InChI=1S/C24H24FN3O2/c1-5-30-24(29)18-6-12-21(22(25)15-18)17-7-13-23(16(2)14-17)27-26-19-8-10-20(11-9-19)28(3)4/h6-15H,5H2,1-4H3/b27-26+. The van der Waals surface area contributed by atoms with Gasteiger partial charge in [-0.05, 0) is 73.5 Å². The molecule has 0 bridgehead atoms. The number of carbonyl (C=O) groups is 1. The van der Waals surface area contributed by atoms with Crippen LogP contribution in [0.1, 0.15) is 22.8 Å². The minimum Gasteiger partial charge on any atom is -0.462 e. The molecule has 3 aromatic rings. The van der Waals surface area contributed by atoms with Gasteiger partial charge in [-0.15, -0.1) is 0 Å². The number of nitrogens with zero attached hydrogens (tertiary/aromatic N) is 3. The molecule has 0 saturated carbocycles. The molecule has 30 heavy (non-hydrogen) atoms. The summed E-state index contributed by atoms with van der Waals surface area (Å²) in [7, 11) is 3.96. The van der Waals surface area contributed by atoms with Crippen molar-refractivity contribution < 1.29 is 13.9 Å². The Hall–Kier alpha value is -3.54. The topological polar surface area (TPSA) is 54.3 Å². The van der Waals surface area contributed by atoms with Gasteiger partial charge in [0.2, 0.25) is 0 Å². The van der Waals surface area contributed by atoms with E-state index in [0.717, 1.165) is 16.9 Å². The van der Waals surface area contributed by atoms with E-state index < -0.39 is 11.8 Å². The Labute approximate surface area is 175 Å². The third kappa shape index (κ3) is 4.89. The largest absolute Gasteiger partial charge is 0.462 e. The van der Waals surface area contributed by atoms with Crippen molar-refractivity contribution in [3.05, 3.63) is 77.6 Å². The lowest BCUT2D eigenvalue weighted by molar-refractivity contribution is 0.0526. The summed E-state index contributed by atoms with van der Waals surface area (Å²) >= 11 is 0. The number of benzene rings is 3. The smallest absolute Gasteiger partial charge is 0.338 e. The quantitative estimate of drug-likeness (QED) is 0.349. The predicted molar refractivity (Wildman–Crippen MR) is 117 cm³/mol. The van der Waals surface area contributed by atoms with E-state index in [1.807, 2.05) is 56.3 Å². The zero-order valence-corrected chi connectivity index (χ0v) is 17.5. The number of hydrogen-bond acceptors (Lipinski definition) is 5. The summed E-state index contributed by atoms with van der Waals surface area (Å²) in [5.74, 6) is -1.01. The normalized spacial score (nSPS) is 11.0. The van der Waals surface area contributed by atoms with Crippen molar-refractivity contribution in [3.63, 3.8) is 0 Å². The maximum Gasteiger partial charge on any atom is 0.338 e. The molecule has 0 N–H and O–H groups in total. The van der Waals surface area contributed by atoms with Gasteiger partial charge in [0.05, 0.1) is 23.5 Å². The van der Waals surface area contributed by atoms with E-state index in [1.165, 1.54) is 6.07 Å². The fraction of sp³-hybridized carbons (Fsp3) is 0.208. The van der Waals surface area contributed by atoms with Crippen LogP contribution in [0.2, 0.25) is 0 Å². The van der Waals surface area contributed by atoms with E-state index in [-0.39, 0.29) is 12.2 Å². The molecule has 0 atom stereocenters. The molecule has 0 unspecified atom stereocenters. The molecule has 3 rings (SSSR count). The summed E-state index contributed by atoms with van der Waals surface area (Å²) in [6, 6.07) is 17.6. The van der Waals surface area contributed by atoms with Gasteiger partial charge in [0, 0.05) is 25.3 Å². The molecule has 0 spiro atoms. The Bertz CT molecular complexity index is 1080. The van der Waals surface area contributed by atoms with Crippen molar-refractivity contribution in [1.82, 2.24) is 0 Å². The highest BCUT2D eigenvalue weighted by Gasteiger charge is 2.12. The summed E-state index contributed by atoms with van der Waals surface area (Å²) in [4.78, 5) is 13.8. The lowest BCUT2D eigenvalue weighted by Gasteiger charge is -2.11. The highest BCUT2D eigenvalue weighted by atomic mass is 19.1. The molecule has 0 radical (unpaired) electrons. The van der Waals surface area contributed by atoms with Gasteiger partial charge < -0.3 is 9.64 Å². The Kier molecular flexibility index (Phi) is 6.57. The molecule has 0 saturated heterocycles. The van der Waals surface area contributed by atoms with Crippen LogP contribution < -0.4 is 4.90 Å². The first-order chi connectivity index (χ1) is 14.4. The lowest BCUT2D eigenvalue weighted by atomic mass is 10.0. The van der Waals surface area contributed by atoms with Crippen molar-refractivity contribution in [2.45, 2.75) is 13.8 Å². The van der Waals surface area contributed by atoms with Crippen molar-refractivity contribution in [1.29, 1.82) is 0 Å². The van der Waals surface area contributed by atoms with Gasteiger partial charge in [-0.25, -0.2) is 9.18 Å². The molecule has 3 aromatic carbocycles. The summed E-state index contributed by atoms with van der Waals surface area (Å²) in [5, 5.41) is 8.61. The summed E-state index contributed by atoms with van der Waals surface area (Å²) < 4.78 is 19.5. The van der Waals surface area contributed by atoms with Crippen molar-refractivity contribution >= 4 is 23.0 Å². The molecule has 0 amide bonds. The van der Waals surface area contributed by atoms with Gasteiger partial charge in [0.15, 0.2) is 0 Å². The van der Waals surface area contributed by atoms with Crippen molar-refractivity contribution in [2.24, 2.45) is 10.2 Å². The SMILES string of the molecule is CCOC(=O)c1ccc(-c2ccc(/N=N/c3ccc(N(C)C)cc3)c(C)c2)c(F)c1. The molecule has 154 valence electrons. The van der Waals surface area contributed by atoms with Crippen LogP contribution in [0.5, 0.6) is 0 Å². The van der Waals surface area contributed by atoms with Crippen LogP contribution in [0.15, 0.2) is 70.9 Å². The maximum atomic E-state index is 14.6. The highest BCUT2D eigenvalue weighted by Crippen LogP contribution is 2.30. The number of anilines is 1. The molecule has 0 heterocycles. The number of halogens is 1. The number of carbonyl (C=O) groups excluding carboxylic acids is 1. The van der Waals surface area contributed by atoms with Gasteiger partial charge in [-0.1, -0.05) is 12.1 Å². The van der Waals surface area contributed by atoms with Gasteiger partial charge in [-0.2, -0.15) is 10.2 Å². The summed E-state index contributed by atoms with van der Waals surface area (Å²) in [6.07, 6.45) is 0. The zero-order valence-electron chi connectivity index (χ0n) is 17.5. The second-order valence-corrected chi connectivity index (χ2v) is 7.03. The molecule has 0 fully saturated rings. The van der Waals surface area contributed by atoms with E-state index in [9.17, 15) is 9.18 Å². The molecular weight excluding hydrogens is 381 g/mol. The summed E-state index contributed by atoms with van der Waals surface area (Å²) in [5.41, 5.74) is 4.73.